The zero-order chi connectivity index (χ0) is 21.8. The molecule has 2 amide bonds. The molecule has 1 aliphatic heterocycles. The summed E-state index contributed by atoms with van der Waals surface area (Å²) in [5, 5.41) is 3.34. The summed E-state index contributed by atoms with van der Waals surface area (Å²) in [6.45, 7) is -0.0848. The van der Waals surface area contributed by atoms with E-state index in [0.29, 0.717) is 23.6 Å². The molecule has 31 heavy (non-hydrogen) atoms. The van der Waals surface area contributed by atoms with Crippen LogP contribution in [-0.4, -0.2) is 23.3 Å². The molecule has 158 valence electrons. The summed E-state index contributed by atoms with van der Waals surface area (Å²) in [7, 11) is 0. The number of aryl methyl sites for hydroxylation is 1. The Labute approximate surface area is 185 Å². The highest BCUT2D eigenvalue weighted by Crippen LogP contribution is 2.37. The van der Waals surface area contributed by atoms with Crippen LogP contribution in [0.2, 0.25) is 5.02 Å². The van der Waals surface area contributed by atoms with E-state index in [1.54, 1.807) is 29.2 Å². The number of anilines is 1. The number of benzene rings is 3. The smallest absolute Gasteiger partial charge is 0.244 e. The van der Waals surface area contributed by atoms with Crippen LogP contribution in [0, 0.1) is 5.82 Å². The molecule has 4 nitrogen and oxygen atoms in total. The fourth-order valence-electron chi connectivity index (χ4n) is 3.95. The Balaban J connectivity index is 1.64. The summed E-state index contributed by atoms with van der Waals surface area (Å²) in [4.78, 5) is 27.4. The van der Waals surface area contributed by atoms with Crippen LogP contribution in [-0.2, 0) is 16.0 Å². The molecular weight excluding hydrogens is 415 g/mol. The Hall–Kier alpha value is -3.18. The second-order valence-corrected chi connectivity index (χ2v) is 8.03. The van der Waals surface area contributed by atoms with Crippen LogP contribution in [0.15, 0.2) is 72.8 Å². The van der Waals surface area contributed by atoms with Gasteiger partial charge in [-0.3, -0.25) is 9.59 Å². The molecule has 0 fully saturated rings. The standard InChI is InChI=1S/C25H22ClFN2O2/c26-19-11-14-21-22(15-19)28-23(30)16-29(25(21)18-9-12-20(27)13-10-18)24(31)8-4-7-17-5-2-1-3-6-17/h1-3,5-6,9-15,25H,4,7-8,16H2,(H,28,30). The van der Waals surface area contributed by atoms with Gasteiger partial charge in [0.05, 0.1) is 6.04 Å². The van der Waals surface area contributed by atoms with Crippen LogP contribution >= 0.6 is 11.6 Å². The first-order valence-electron chi connectivity index (χ1n) is 10.2. The van der Waals surface area contributed by atoms with E-state index in [4.69, 9.17) is 11.6 Å². The fraction of sp³-hybridized carbons (Fsp3) is 0.200. The van der Waals surface area contributed by atoms with E-state index in [1.807, 2.05) is 36.4 Å². The Morgan fingerprint density at radius 3 is 2.55 bits per heavy atom. The van der Waals surface area contributed by atoms with Crippen molar-refractivity contribution < 1.29 is 14.0 Å². The van der Waals surface area contributed by atoms with Crippen molar-refractivity contribution in [2.24, 2.45) is 0 Å². The molecule has 0 bridgehead atoms. The number of carbonyl (C=O) groups is 2. The van der Waals surface area contributed by atoms with Crippen LogP contribution < -0.4 is 5.32 Å². The van der Waals surface area contributed by atoms with Crippen molar-refractivity contribution in [1.29, 1.82) is 0 Å². The minimum Gasteiger partial charge on any atom is -0.324 e. The van der Waals surface area contributed by atoms with Gasteiger partial charge in [0.1, 0.15) is 12.4 Å². The van der Waals surface area contributed by atoms with E-state index in [9.17, 15) is 14.0 Å². The lowest BCUT2D eigenvalue weighted by Crippen LogP contribution is -2.38. The average Bonchev–Trinajstić information content (AvgIpc) is 2.90. The number of hydrogen-bond acceptors (Lipinski definition) is 2. The van der Waals surface area contributed by atoms with Gasteiger partial charge in [0.15, 0.2) is 0 Å². The molecule has 0 radical (unpaired) electrons. The number of fused-ring (bicyclic) bond motifs is 1. The quantitative estimate of drug-likeness (QED) is 0.584. The molecule has 1 atom stereocenters. The van der Waals surface area contributed by atoms with Gasteiger partial charge in [0.25, 0.3) is 0 Å². The number of nitrogens with one attached hydrogen (secondary N) is 1. The van der Waals surface area contributed by atoms with Crippen LogP contribution in [0.3, 0.4) is 0 Å². The highest BCUT2D eigenvalue weighted by molar-refractivity contribution is 6.31. The van der Waals surface area contributed by atoms with Gasteiger partial charge in [-0.05, 0) is 48.2 Å². The summed E-state index contributed by atoms with van der Waals surface area (Å²) in [5.74, 6) is -0.767. The molecule has 4 rings (SSSR count). The Morgan fingerprint density at radius 1 is 1.06 bits per heavy atom. The van der Waals surface area contributed by atoms with E-state index in [1.165, 1.54) is 17.7 Å². The van der Waals surface area contributed by atoms with Crippen molar-refractivity contribution in [3.63, 3.8) is 0 Å². The molecule has 0 aliphatic carbocycles. The van der Waals surface area contributed by atoms with E-state index < -0.39 is 6.04 Å². The monoisotopic (exact) mass is 436 g/mol. The summed E-state index contributed by atoms with van der Waals surface area (Å²) < 4.78 is 13.6. The molecule has 1 N–H and O–H groups in total. The highest BCUT2D eigenvalue weighted by Gasteiger charge is 2.33. The van der Waals surface area contributed by atoms with Crippen LogP contribution in [0.5, 0.6) is 0 Å². The Morgan fingerprint density at radius 2 is 1.81 bits per heavy atom. The van der Waals surface area contributed by atoms with Gasteiger partial charge in [0.2, 0.25) is 11.8 Å². The lowest BCUT2D eigenvalue weighted by Gasteiger charge is -2.30. The van der Waals surface area contributed by atoms with E-state index in [-0.39, 0.29) is 24.2 Å². The third kappa shape index (κ3) is 4.94. The largest absolute Gasteiger partial charge is 0.324 e. The maximum absolute atomic E-state index is 13.6. The second-order valence-electron chi connectivity index (χ2n) is 7.59. The third-order valence-electron chi connectivity index (χ3n) is 5.41. The zero-order valence-corrected chi connectivity index (χ0v) is 17.6. The summed E-state index contributed by atoms with van der Waals surface area (Å²) in [6.07, 6.45) is 1.76. The first kappa shape index (κ1) is 21.1. The van der Waals surface area contributed by atoms with Gasteiger partial charge >= 0.3 is 0 Å². The molecule has 0 aromatic heterocycles. The number of nitrogens with zero attached hydrogens (tertiary/aromatic N) is 1. The predicted octanol–water partition coefficient (Wildman–Crippen LogP) is 5.37. The van der Waals surface area contributed by atoms with Gasteiger partial charge in [-0.15, -0.1) is 0 Å². The van der Waals surface area contributed by atoms with Crippen LogP contribution in [0.25, 0.3) is 0 Å². The number of rotatable bonds is 5. The minimum absolute atomic E-state index is 0.0848. The first-order chi connectivity index (χ1) is 15.0. The second kappa shape index (κ2) is 9.31. The van der Waals surface area contributed by atoms with Gasteiger partial charge in [-0.1, -0.05) is 60.1 Å². The maximum atomic E-state index is 13.6. The molecule has 0 saturated heterocycles. The fourth-order valence-corrected chi connectivity index (χ4v) is 4.12. The molecule has 0 spiro atoms. The number of amides is 2. The van der Waals surface area contributed by atoms with Gasteiger partial charge in [-0.2, -0.15) is 0 Å². The molecule has 1 heterocycles. The summed E-state index contributed by atoms with van der Waals surface area (Å²) in [5.41, 5.74) is 3.21. The van der Waals surface area contributed by atoms with Gasteiger partial charge < -0.3 is 10.2 Å². The number of halogens is 2. The molecule has 1 aliphatic rings. The third-order valence-corrected chi connectivity index (χ3v) is 5.65. The minimum atomic E-state index is -0.518. The summed E-state index contributed by atoms with van der Waals surface area (Å²) >= 11 is 6.14. The molecule has 0 saturated carbocycles. The predicted molar refractivity (Wildman–Crippen MR) is 119 cm³/mol. The molecule has 1 unspecified atom stereocenters. The zero-order valence-electron chi connectivity index (χ0n) is 16.9. The molecule has 6 heteroatoms. The van der Waals surface area contributed by atoms with Crippen molar-refractivity contribution >= 4 is 29.1 Å². The molecule has 3 aromatic rings. The number of hydrogen-bond donors (Lipinski definition) is 1. The van der Waals surface area contributed by atoms with E-state index in [2.05, 4.69) is 5.32 Å². The maximum Gasteiger partial charge on any atom is 0.244 e. The molecular formula is C25H22ClFN2O2. The lowest BCUT2D eigenvalue weighted by molar-refractivity contribution is -0.136. The Bertz CT molecular complexity index is 1090. The molecule has 3 aromatic carbocycles. The summed E-state index contributed by atoms with van der Waals surface area (Å²) in [6, 6.07) is 20.7. The van der Waals surface area contributed by atoms with Crippen molar-refractivity contribution in [2.75, 3.05) is 11.9 Å². The topological polar surface area (TPSA) is 49.4 Å². The van der Waals surface area contributed by atoms with Crippen molar-refractivity contribution in [1.82, 2.24) is 4.90 Å². The van der Waals surface area contributed by atoms with Crippen molar-refractivity contribution in [3.05, 3.63) is 100 Å². The van der Waals surface area contributed by atoms with Gasteiger partial charge in [0, 0.05) is 22.7 Å². The first-order valence-corrected chi connectivity index (χ1v) is 10.6. The normalized spacial score (nSPS) is 15.7. The van der Waals surface area contributed by atoms with E-state index >= 15 is 0 Å². The lowest BCUT2D eigenvalue weighted by atomic mass is 9.95. The van der Waals surface area contributed by atoms with Gasteiger partial charge in [-0.25, -0.2) is 4.39 Å². The van der Waals surface area contributed by atoms with Crippen LogP contribution in [0.1, 0.15) is 35.6 Å². The number of carbonyl (C=O) groups excluding carboxylic acids is 2. The Kier molecular flexibility index (Phi) is 6.33. The van der Waals surface area contributed by atoms with Crippen molar-refractivity contribution in [3.8, 4) is 0 Å². The highest BCUT2D eigenvalue weighted by atomic mass is 35.5. The van der Waals surface area contributed by atoms with E-state index in [0.717, 1.165) is 17.5 Å². The van der Waals surface area contributed by atoms with Crippen LogP contribution in [0.4, 0.5) is 10.1 Å². The SMILES string of the molecule is O=C1CN(C(=O)CCCc2ccccc2)C(c2ccc(F)cc2)c2ccc(Cl)cc2N1. The van der Waals surface area contributed by atoms with Crippen molar-refractivity contribution in [2.45, 2.75) is 25.3 Å². The average molecular weight is 437 g/mol.